The predicted molar refractivity (Wildman–Crippen MR) is 81.0 cm³/mol. The molecule has 19 heavy (non-hydrogen) atoms. The van der Waals surface area contributed by atoms with Crippen LogP contribution in [0.4, 0.5) is 0 Å². The van der Waals surface area contributed by atoms with Crippen molar-refractivity contribution in [3.05, 3.63) is 29.0 Å². The van der Waals surface area contributed by atoms with Crippen LogP contribution in [-0.2, 0) is 5.88 Å². The molecule has 102 valence electrons. The van der Waals surface area contributed by atoms with Crippen molar-refractivity contribution in [2.75, 3.05) is 0 Å². The molecule has 0 radical (unpaired) electrons. The summed E-state index contributed by atoms with van der Waals surface area (Å²) in [6.45, 7) is 2.33. The lowest BCUT2D eigenvalue weighted by Gasteiger charge is -2.28. The molecule has 0 spiro atoms. The first-order valence-electron chi connectivity index (χ1n) is 6.92. The molecule has 0 aliphatic heterocycles. The third-order valence-electron chi connectivity index (χ3n) is 4.21. The Morgan fingerprint density at radius 2 is 2.00 bits per heavy atom. The van der Waals surface area contributed by atoms with E-state index in [-0.39, 0.29) is 0 Å². The summed E-state index contributed by atoms with van der Waals surface area (Å²) < 4.78 is 2.32. The van der Waals surface area contributed by atoms with Gasteiger partial charge in [-0.25, -0.2) is 4.98 Å². The number of benzene rings is 1. The van der Waals surface area contributed by atoms with E-state index in [1.54, 1.807) is 0 Å². The lowest BCUT2D eigenvalue weighted by Crippen LogP contribution is -2.18. The Balaban J connectivity index is 2.08. The number of imidazole rings is 1. The fourth-order valence-electron chi connectivity index (χ4n) is 3.13. The van der Waals surface area contributed by atoms with Crippen LogP contribution in [0.1, 0.15) is 44.5 Å². The first kappa shape index (κ1) is 13.3. The standard InChI is InChI=1S/C15H18Cl2N2/c1-10-5-7-11(8-6-10)19-13-4-2-3-12(17)15(13)18-14(19)9-16/h2-4,10-11H,5-9H2,1H3. The van der Waals surface area contributed by atoms with Gasteiger partial charge in [0.2, 0.25) is 0 Å². The van der Waals surface area contributed by atoms with Crippen molar-refractivity contribution in [2.45, 2.75) is 44.5 Å². The molecule has 1 aromatic carbocycles. The summed E-state index contributed by atoms with van der Waals surface area (Å²) in [6.07, 6.45) is 4.99. The Labute approximate surface area is 123 Å². The Morgan fingerprint density at radius 1 is 1.26 bits per heavy atom. The summed E-state index contributed by atoms with van der Waals surface area (Å²) in [4.78, 5) is 4.62. The van der Waals surface area contributed by atoms with E-state index in [0.717, 1.165) is 22.8 Å². The van der Waals surface area contributed by atoms with Crippen molar-refractivity contribution < 1.29 is 0 Å². The van der Waals surface area contributed by atoms with Crippen LogP contribution in [0.2, 0.25) is 5.02 Å². The summed E-state index contributed by atoms with van der Waals surface area (Å²) in [5.74, 6) is 2.23. The van der Waals surface area contributed by atoms with Crippen molar-refractivity contribution in [1.82, 2.24) is 9.55 Å². The van der Waals surface area contributed by atoms with Gasteiger partial charge in [-0.1, -0.05) is 24.6 Å². The molecule has 0 saturated heterocycles. The molecule has 4 heteroatoms. The Morgan fingerprint density at radius 3 is 2.68 bits per heavy atom. The highest BCUT2D eigenvalue weighted by Crippen LogP contribution is 2.36. The summed E-state index contributed by atoms with van der Waals surface area (Å²) in [6, 6.07) is 6.50. The molecule has 3 rings (SSSR count). The van der Waals surface area contributed by atoms with Crippen LogP contribution < -0.4 is 0 Å². The number of aromatic nitrogens is 2. The van der Waals surface area contributed by atoms with Gasteiger partial charge in [0, 0.05) is 6.04 Å². The SMILES string of the molecule is CC1CCC(n2c(CCl)nc3c(Cl)cccc32)CC1. The van der Waals surface area contributed by atoms with Crippen LogP contribution in [-0.4, -0.2) is 9.55 Å². The first-order chi connectivity index (χ1) is 9.20. The Hall–Kier alpha value is -0.730. The predicted octanol–water partition coefficient (Wildman–Crippen LogP) is 5.18. The maximum atomic E-state index is 6.24. The minimum absolute atomic E-state index is 0.442. The van der Waals surface area contributed by atoms with Gasteiger partial charge in [0.15, 0.2) is 0 Å². The molecule has 1 aromatic heterocycles. The molecule has 0 N–H and O–H groups in total. The van der Waals surface area contributed by atoms with Crippen molar-refractivity contribution in [2.24, 2.45) is 5.92 Å². The monoisotopic (exact) mass is 296 g/mol. The van der Waals surface area contributed by atoms with Gasteiger partial charge in [0.1, 0.15) is 11.3 Å². The minimum Gasteiger partial charge on any atom is -0.324 e. The molecule has 1 saturated carbocycles. The lowest BCUT2D eigenvalue weighted by molar-refractivity contribution is 0.290. The van der Waals surface area contributed by atoms with Gasteiger partial charge in [0.25, 0.3) is 0 Å². The molecule has 1 aliphatic carbocycles. The third kappa shape index (κ3) is 2.36. The molecule has 1 fully saturated rings. The molecule has 1 heterocycles. The van der Waals surface area contributed by atoms with Gasteiger partial charge in [-0.3, -0.25) is 0 Å². The normalized spacial score (nSPS) is 23.9. The van der Waals surface area contributed by atoms with E-state index >= 15 is 0 Å². The van der Waals surface area contributed by atoms with Crippen molar-refractivity contribution >= 4 is 34.2 Å². The van der Waals surface area contributed by atoms with E-state index < -0.39 is 0 Å². The van der Waals surface area contributed by atoms with Crippen LogP contribution in [0.5, 0.6) is 0 Å². The zero-order valence-electron chi connectivity index (χ0n) is 11.1. The zero-order valence-corrected chi connectivity index (χ0v) is 12.6. The number of alkyl halides is 1. The van der Waals surface area contributed by atoms with Crippen molar-refractivity contribution in [3.63, 3.8) is 0 Å². The van der Waals surface area contributed by atoms with Gasteiger partial charge in [-0.15, -0.1) is 11.6 Å². The van der Waals surface area contributed by atoms with Gasteiger partial charge in [-0.2, -0.15) is 0 Å². The highest BCUT2D eigenvalue weighted by atomic mass is 35.5. The van der Waals surface area contributed by atoms with Crippen LogP contribution in [0.3, 0.4) is 0 Å². The average Bonchev–Trinajstić information content (AvgIpc) is 2.80. The summed E-state index contributed by atoms with van der Waals surface area (Å²) >= 11 is 12.3. The largest absolute Gasteiger partial charge is 0.324 e. The van der Waals surface area contributed by atoms with Gasteiger partial charge in [-0.05, 0) is 43.7 Å². The minimum atomic E-state index is 0.442. The van der Waals surface area contributed by atoms with Crippen LogP contribution in [0.15, 0.2) is 18.2 Å². The molecular formula is C15H18Cl2N2. The fraction of sp³-hybridized carbons (Fsp3) is 0.533. The van der Waals surface area contributed by atoms with Crippen molar-refractivity contribution in [1.29, 1.82) is 0 Å². The molecule has 0 unspecified atom stereocenters. The maximum Gasteiger partial charge on any atom is 0.125 e. The average molecular weight is 297 g/mol. The lowest BCUT2D eigenvalue weighted by atomic mass is 9.87. The van der Waals surface area contributed by atoms with E-state index in [0.29, 0.717) is 16.9 Å². The summed E-state index contributed by atoms with van der Waals surface area (Å²) in [7, 11) is 0. The quantitative estimate of drug-likeness (QED) is 0.698. The van der Waals surface area contributed by atoms with E-state index in [1.165, 1.54) is 25.7 Å². The highest BCUT2D eigenvalue weighted by molar-refractivity contribution is 6.35. The second-order valence-electron chi connectivity index (χ2n) is 5.55. The maximum absolute atomic E-state index is 6.24. The van der Waals surface area contributed by atoms with Crippen LogP contribution >= 0.6 is 23.2 Å². The molecule has 2 nitrogen and oxygen atoms in total. The number of hydrogen-bond donors (Lipinski definition) is 0. The summed E-state index contributed by atoms with van der Waals surface area (Å²) in [5, 5.41) is 0.715. The second-order valence-corrected chi connectivity index (χ2v) is 6.23. The summed E-state index contributed by atoms with van der Waals surface area (Å²) in [5.41, 5.74) is 2.01. The van der Waals surface area contributed by atoms with E-state index in [4.69, 9.17) is 23.2 Å². The number of fused-ring (bicyclic) bond motifs is 1. The molecule has 0 atom stereocenters. The molecule has 0 bridgehead atoms. The first-order valence-corrected chi connectivity index (χ1v) is 7.83. The third-order valence-corrected chi connectivity index (χ3v) is 4.76. The van der Waals surface area contributed by atoms with Gasteiger partial charge < -0.3 is 4.57 Å². The van der Waals surface area contributed by atoms with E-state index in [9.17, 15) is 0 Å². The zero-order chi connectivity index (χ0) is 13.4. The van der Waals surface area contributed by atoms with Gasteiger partial charge in [0.05, 0.1) is 16.4 Å². The number of halogens is 2. The second kappa shape index (κ2) is 5.34. The number of rotatable bonds is 2. The Bertz CT molecular complexity index is 583. The number of hydrogen-bond acceptors (Lipinski definition) is 1. The molecule has 0 amide bonds. The smallest absolute Gasteiger partial charge is 0.125 e. The number of nitrogens with zero attached hydrogens (tertiary/aromatic N) is 2. The highest BCUT2D eigenvalue weighted by Gasteiger charge is 2.24. The molecular weight excluding hydrogens is 279 g/mol. The van der Waals surface area contributed by atoms with Crippen molar-refractivity contribution in [3.8, 4) is 0 Å². The number of para-hydroxylation sites is 1. The van der Waals surface area contributed by atoms with E-state index in [1.807, 2.05) is 12.1 Å². The van der Waals surface area contributed by atoms with Gasteiger partial charge >= 0.3 is 0 Å². The Kier molecular flexibility index (Phi) is 3.72. The molecule has 2 aromatic rings. The topological polar surface area (TPSA) is 17.8 Å². The van der Waals surface area contributed by atoms with E-state index in [2.05, 4.69) is 22.5 Å². The van der Waals surface area contributed by atoms with Crippen LogP contribution in [0, 0.1) is 5.92 Å². The van der Waals surface area contributed by atoms with Crippen LogP contribution in [0.25, 0.3) is 11.0 Å². The molecule has 1 aliphatic rings. The fourth-order valence-corrected chi connectivity index (χ4v) is 3.53.